The summed E-state index contributed by atoms with van der Waals surface area (Å²) in [5.41, 5.74) is 1.31. The third-order valence-electron chi connectivity index (χ3n) is 4.25. The summed E-state index contributed by atoms with van der Waals surface area (Å²) in [7, 11) is 0. The van der Waals surface area contributed by atoms with Gasteiger partial charge in [-0.05, 0) is 49.9 Å². The zero-order valence-electron chi connectivity index (χ0n) is 11.5. The third kappa shape index (κ3) is 3.71. The predicted molar refractivity (Wildman–Crippen MR) is 77.2 cm³/mol. The largest absolute Gasteiger partial charge is 0.508 e. The first-order chi connectivity index (χ1) is 9.31. The number of nitrogens with one attached hydrogen (secondary N) is 1. The molecular weight excluding hydrogens is 236 g/mol. The van der Waals surface area contributed by atoms with Crippen molar-refractivity contribution in [3.63, 3.8) is 0 Å². The molecule has 104 valence electrons. The summed E-state index contributed by atoms with van der Waals surface area (Å²) in [6, 6.07) is 9.13. The molecule has 0 amide bonds. The molecule has 0 radical (unpaired) electrons. The van der Waals surface area contributed by atoms with E-state index in [9.17, 15) is 5.11 Å². The van der Waals surface area contributed by atoms with E-state index < -0.39 is 0 Å². The lowest BCUT2D eigenvalue weighted by atomic mass is 10.0. The van der Waals surface area contributed by atoms with Crippen molar-refractivity contribution in [1.82, 2.24) is 10.2 Å². The Labute approximate surface area is 115 Å². The highest BCUT2D eigenvalue weighted by Crippen LogP contribution is 2.29. The van der Waals surface area contributed by atoms with Crippen LogP contribution >= 0.6 is 0 Å². The summed E-state index contributed by atoms with van der Waals surface area (Å²) < 4.78 is 0. The SMILES string of the molecule is Oc1ccc(CN(CC2CCCCN2)C2CC2)cc1. The summed E-state index contributed by atoms with van der Waals surface area (Å²) in [4.78, 5) is 2.62. The van der Waals surface area contributed by atoms with Crippen LogP contribution in [0.4, 0.5) is 0 Å². The van der Waals surface area contributed by atoms with Gasteiger partial charge in [0, 0.05) is 25.2 Å². The highest BCUT2D eigenvalue weighted by molar-refractivity contribution is 5.26. The molecule has 1 heterocycles. The monoisotopic (exact) mass is 260 g/mol. The van der Waals surface area contributed by atoms with Gasteiger partial charge in [-0.1, -0.05) is 18.6 Å². The molecule has 0 bridgehead atoms. The fourth-order valence-corrected chi connectivity index (χ4v) is 2.98. The Balaban J connectivity index is 1.59. The number of piperidine rings is 1. The third-order valence-corrected chi connectivity index (χ3v) is 4.25. The first-order valence-electron chi connectivity index (χ1n) is 7.56. The minimum Gasteiger partial charge on any atom is -0.508 e. The topological polar surface area (TPSA) is 35.5 Å². The Morgan fingerprint density at radius 3 is 2.53 bits per heavy atom. The van der Waals surface area contributed by atoms with Crippen LogP contribution in [0.25, 0.3) is 0 Å². The number of nitrogens with zero attached hydrogens (tertiary/aromatic N) is 1. The molecule has 1 aromatic rings. The standard InChI is InChI=1S/C16H24N2O/c19-16-8-4-13(5-9-16)11-18(15-6-7-15)12-14-3-1-2-10-17-14/h4-5,8-9,14-15,17,19H,1-3,6-7,10-12H2. The van der Waals surface area contributed by atoms with Crippen molar-refractivity contribution in [3.05, 3.63) is 29.8 Å². The van der Waals surface area contributed by atoms with Gasteiger partial charge < -0.3 is 10.4 Å². The maximum atomic E-state index is 9.35. The van der Waals surface area contributed by atoms with Crippen molar-refractivity contribution in [1.29, 1.82) is 0 Å². The Morgan fingerprint density at radius 2 is 1.89 bits per heavy atom. The van der Waals surface area contributed by atoms with Gasteiger partial charge >= 0.3 is 0 Å². The van der Waals surface area contributed by atoms with Crippen LogP contribution < -0.4 is 5.32 Å². The van der Waals surface area contributed by atoms with Crippen LogP contribution in [0.15, 0.2) is 24.3 Å². The van der Waals surface area contributed by atoms with Crippen LogP contribution in [-0.2, 0) is 6.54 Å². The highest BCUT2D eigenvalue weighted by atomic mass is 16.3. The lowest BCUT2D eigenvalue weighted by molar-refractivity contribution is 0.208. The molecule has 0 spiro atoms. The van der Waals surface area contributed by atoms with E-state index in [-0.39, 0.29) is 0 Å². The number of phenolic OH excluding ortho intramolecular Hbond substituents is 1. The quantitative estimate of drug-likeness (QED) is 0.854. The van der Waals surface area contributed by atoms with E-state index in [0.717, 1.165) is 12.6 Å². The zero-order chi connectivity index (χ0) is 13.1. The molecule has 1 unspecified atom stereocenters. The maximum absolute atomic E-state index is 9.35. The van der Waals surface area contributed by atoms with Gasteiger partial charge in [-0.25, -0.2) is 0 Å². The average Bonchev–Trinajstić information content (AvgIpc) is 3.26. The van der Waals surface area contributed by atoms with Crippen LogP contribution in [0.5, 0.6) is 5.75 Å². The van der Waals surface area contributed by atoms with Gasteiger partial charge in [0.1, 0.15) is 5.75 Å². The first kappa shape index (κ1) is 12.9. The van der Waals surface area contributed by atoms with Gasteiger partial charge in [-0.2, -0.15) is 0 Å². The Morgan fingerprint density at radius 1 is 1.11 bits per heavy atom. The number of benzene rings is 1. The van der Waals surface area contributed by atoms with Gasteiger partial charge in [-0.3, -0.25) is 4.90 Å². The van der Waals surface area contributed by atoms with E-state index in [1.807, 2.05) is 12.1 Å². The lowest BCUT2D eigenvalue weighted by Gasteiger charge is -2.30. The second-order valence-electron chi connectivity index (χ2n) is 5.97. The molecular formula is C16H24N2O. The molecule has 1 aromatic carbocycles. The van der Waals surface area contributed by atoms with Crippen LogP contribution in [0, 0.1) is 0 Å². The number of hydrogen-bond donors (Lipinski definition) is 2. The molecule has 3 rings (SSSR count). The number of rotatable bonds is 5. The van der Waals surface area contributed by atoms with E-state index in [1.54, 1.807) is 12.1 Å². The summed E-state index contributed by atoms with van der Waals surface area (Å²) in [5.74, 6) is 0.357. The lowest BCUT2D eigenvalue weighted by Crippen LogP contribution is -2.44. The van der Waals surface area contributed by atoms with Crippen molar-refractivity contribution in [2.45, 2.75) is 50.7 Å². The fraction of sp³-hybridized carbons (Fsp3) is 0.625. The van der Waals surface area contributed by atoms with Crippen molar-refractivity contribution >= 4 is 0 Å². The summed E-state index contributed by atoms with van der Waals surface area (Å²) in [6.07, 6.45) is 6.72. The molecule has 1 aliphatic heterocycles. The van der Waals surface area contributed by atoms with Crippen LogP contribution in [0.2, 0.25) is 0 Å². The van der Waals surface area contributed by atoms with Crippen LogP contribution in [-0.4, -0.2) is 35.2 Å². The van der Waals surface area contributed by atoms with E-state index >= 15 is 0 Å². The summed E-state index contributed by atoms with van der Waals surface area (Å²) in [5, 5.41) is 13.0. The molecule has 1 saturated carbocycles. The molecule has 2 fully saturated rings. The summed E-state index contributed by atoms with van der Waals surface area (Å²) in [6.45, 7) is 3.37. The molecule has 1 saturated heterocycles. The number of phenols is 1. The molecule has 1 atom stereocenters. The van der Waals surface area contributed by atoms with Crippen molar-refractivity contribution in [2.24, 2.45) is 0 Å². The maximum Gasteiger partial charge on any atom is 0.115 e. The van der Waals surface area contributed by atoms with Crippen LogP contribution in [0.3, 0.4) is 0 Å². The van der Waals surface area contributed by atoms with E-state index in [4.69, 9.17) is 0 Å². The Kier molecular flexibility index (Phi) is 4.04. The number of hydrogen-bond acceptors (Lipinski definition) is 3. The summed E-state index contributed by atoms with van der Waals surface area (Å²) >= 11 is 0. The molecule has 1 aliphatic carbocycles. The van der Waals surface area contributed by atoms with Crippen molar-refractivity contribution < 1.29 is 5.11 Å². The second-order valence-corrected chi connectivity index (χ2v) is 5.97. The van der Waals surface area contributed by atoms with Gasteiger partial charge in [0.05, 0.1) is 0 Å². The fourth-order valence-electron chi connectivity index (χ4n) is 2.98. The molecule has 3 heteroatoms. The van der Waals surface area contributed by atoms with Crippen molar-refractivity contribution in [3.8, 4) is 5.75 Å². The average molecular weight is 260 g/mol. The molecule has 19 heavy (non-hydrogen) atoms. The molecule has 3 nitrogen and oxygen atoms in total. The van der Waals surface area contributed by atoms with Gasteiger partial charge in [0.2, 0.25) is 0 Å². The minimum atomic E-state index is 0.357. The highest BCUT2D eigenvalue weighted by Gasteiger charge is 2.30. The zero-order valence-corrected chi connectivity index (χ0v) is 11.5. The minimum absolute atomic E-state index is 0.357. The smallest absolute Gasteiger partial charge is 0.115 e. The van der Waals surface area contributed by atoms with Gasteiger partial charge in [0.15, 0.2) is 0 Å². The number of aromatic hydroxyl groups is 1. The Bertz CT molecular complexity index is 394. The molecule has 2 N–H and O–H groups in total. The normalized spacial score (nSPS) is 23.7. The molecule has 2 aliphatic rings. The Hall–Kier alpha value is -1.06. The van der Waals surface area contributed by atoms with E-state index in [2.05, 4.69) is 10.2 Å². The van der Waals surface area contributed by atoms with E-state index in [0.29, 0.717) is 11.8 Å². The van der Waals surface area contributed by atoms with Gasteiger partial charge in [-0.15, -0.1) is 0 Å². The molecule has 0 aromatic heterocycles. The second kappa shape index (κ2) is 5.93. The van der Waals surface area contributed by atoms with Gasteiger partial charge in [0.25, 0.3) is 0 Å². The predicted octanol–water partition coefficient (Wildman–Crippen LogP) is 2.50. The first-order valence-corrected chi connectivity index (χ1v) is 7.56. The van der Waals surface area contributed by atoms with E-state index in [1.165, 1.54) is 50.8 Å². The van der Waals surface area contributed by atoms with Crippen molar-refractivity contribution in [2.75, 3.05) is 13.1 Å². The van der Waals surface area contributed by atoms with Crippen LogP contribution in [0.1, 0.15) is 37.7 Å².